The first-order chi connectivity index (χ1) is 7.07. The third kappa shape index (κ3) is 4.49. The summed E-state index contributed by atoms with van der Waals surface area (Å²) in [5.74, 6) is 1.04. The Morgan fingerprint density at radius 2 is 2.27 bits per heavy atom. The zero-order valence-corrected chi connectivity index (χ0v) is 10.3. The molecule has 1 saturated heterocycles. The highest BCUT2D eigenvalue weighted by molar-refractivity contribution is 7.91. The maximum atomic E-state index is 11.3. The second kappa shape index (κ2) is 5.82. The lowest BCUT2D eigenvalue weighted by molar-refractivity contribution is 0.156. The van der Waals surface area contributed by atoms with E-state index in [0.717, 1.165) is 19.4 Å². The summed E-state index contributed by atoms with van der Waals surface area (Å²) in [7, 11) is -1.06. The first-order valence-electron chi connectivity index (χ1n) is 5.50. The summed E-state index contributed by atoms with van der Waals surface area (Å²) in [5, 5.41) is 3.32. The molecule has 1 rings (SSSR count). The second-order valence-corrected chi connectivity index (χ2v) is 6.44. The van der Waals surface area contributed by atoms with Crippen LogP contribution in [0.5, 0.6) is 0 Å². The first kappa shape index (κ1) is 12.9. The molecule has 15 heavy (non-hydrogen) atoms. The summed E-state index contributed by atoms with van der Waals surface area (Å²) in [4.78, 5) is 0. The molecule has 2 unspecified atom stereocenters. The first-order valence-corrected chi connectivity index (χ1v) is 7.32. The fourth-order valence-corrected chi connectivity index (χ4v) is 4.04. The molecule has 0 aromatic carbocycles. The van der Waals surface area contributed by atoms with E-state index in [1.54, 1.807) is 7.11 Å². The lowest BCUT2D eigenvalue weighted by Gasteiger charge is -2.19. The summed E-state index contributed by atoms with van der Waals surface area (Å²) in [6.45, 7) is 3.60. The van der Waals surface area contributed by atoms with Gasteiger partial charge in [0.05, 0.1) is 18.1 Å². The van der Waals surface area contributed by atoms with Crippen molar-refractivity contribution in [3.63, 3.8) is 0 Å². The van der Waals surface area contributed by atoms with E-state index in [9.17, 15) is 8.42 Å². The highest BCUT2D eigenvalue weighted by Gasteiger charge is 2.29. The van der Waals surface area contributed by atoms with E-state index in [4.69, 9.17) is 4.74 Å². The molecule has 0 radical (unpaired) electrons. The highest BCUT2D eigenvalue weighted by atomic mass is 32.2. The minimum absolute atomic E-state index is 0.290. The van der Waals surface area contributed by atoms with Gasteiger partial charge in [0.15, 0.2) is 9.84 Å². The number of rotatable bonds is 6. The quantitative estimate of drug-likeness (QED) is 0.725. The lowest BCUT2D eigenvalue weighted by Crippen LogP contribution is -2.35. The Kier molecular flexibility index (Phi) is 5.02. The van der Waals surface area contributed by atoms with Crippen LogP contribution in [0.3, 0.4) is 0 Å². The molecule has 4 nitrogen and oxygen atoms in total. The van der Waals surface area contributed by atoms with Gasteiger partial charge in [-0.3, -0.25) is 0 Å². The molecular formula is C10H21NO3S. The Morgan fingerprint density at radius 3 is 2.73 bits per heavy atom. The van der Waals surface area contributed by atoms with E-state index in [0.29, 0.717) is 30.1 Å². The van der Waals surface area contributed by atoms with E-state index in [2.05, 4.69) is 5.32 Å². The molecule has 0 amide bonds. The number of ether oxygens (including phenoxy) is 1. The summed E-state index contributed by atoms with van der Waals surface area (Å²) in [5.41, 5.74) is 0. The SMILES string of the molecule is CCNC(COC)CC1CCS(=O)(=O)C1. The standard InChI is InChI=1S/C10H21NO3S/c1-3-11-10(7-14-2)6-9-4-5-15(12,13)8-9/h9-11H,3-8H2,1-2H3. The molecule has 1 N–H and O–H groups in total. The van der Waals surface area contributed by atoms with Gasteiger partial charge in [0, 0.05) is 13.2 Å². The van der Waals surface area contributed by atoms with Crippen molar-refractivity contribution < 1.29 is 13.2 Å². The van der Waals surface area contributed by atoms with Crippen LogP contribution in [0.4, 0.5) is 0 Å². The average Bonchev–Trinajstić information content (AvgIpc) is 2.46. The highest BCUT2D eigenvalue weighted by Crippen LogP contribution is 2.22. The largest absolute Gasteiger partial charge is 0.383 e. The van der Waals surface area contributed by atoms with E-state index in [1.165, 1.54) is 0 Å². The second-order valence-electron chi connectivity index (χ2n) is 4.21. The van der Waals surface area contributed by atoms with Crippen LogP contribution in [0.1, 0.15) is 19.8 Å². The fraction of sp³-hybridized carbons (Fsp3) is 1.00. The number of methoxy groups -OCH3 is 1. The van der Waals surface area contributed by atoms with Crippen molar-refractivity contribution in [2.45, 2.75) is 25.8 Å². The maximum Gasteiger partial charge on any atom is 0.150 e. The number of hydrogen-bond donors (Lipinski definition) is 1. The Morgan fingerprint density at radius 1 is 1.53 bits per heavy atom. The van der Waals surface area contributed by atoms with Crippen molar-refractivity contribution in [1.82, 2.24) is 5.32 Å². The third-order valence-electron chi connectivity index (χ3n) is 2.81. The number of sulfone groups is 1. The number of hydrogen-bond acceptors (Lipinski definition) is 4. The Balaban J connectivity index is 2.38. The van der Waals surface area contributed by atoms with E-state index >= 15 is 0 Å². The van der Waals surface area contributed by atoms with Crippen LogP contribution in [0.25, 0.3) is 0 Å². The van der Waals surface area contributed by atoms with Gasteiger partial charge in [0.25, 0.3) is 0 Å². The van der Waals surface area contributed by atoms with Gasteiger partial charge in [-0.15, -0.1) is 0 Å². The van der Waals surface area contributed by atoms with Crippen LogP contribution in [0, 0.1) is 5.92 Å². The minimum atomic E-state index is -2.74. The van der Waals surface area contributed by atoms with Crippen molar-refractivity contribution in [1.29, 1.82) is 0 Å². The molecule has 1 heterocycles. The fourth-order valence-electron chi connectivity index (χ4n) is 2.16. The molecule has 0 bridgehead atoms. The molecule has 2 atom stereocenters. The van der Waals surface area contributed by atoms with Gasteiger partial charge in [-0.05, 0) is 25.3 Å². The van der Waals surface area contributed by atoms with Crippen molar-refractivity contribution >= 4 is 9.84 Å². The van der Waals surface area contributed by atoms with Crippen LogP contribution in [0.2, 0.25) is 0 Å². The van der Waals surface area contributed by atoms with Crippen LogP contribution >= 0.6 is 0 Å². The molecule has 1 aliphatic rings. The van der Waals surface area contributed by atoms with Crippen LogP contribution < -0.4 is 5.32 Å². The average molecular weight is 235 g/mol. The van der Waals surface area contributed by atoms with Crippen LogP contribution in [0.15, 0.2) is 0 Å². The van der Waals surface area contributed by atoms with Crippen LogP contribution in [-0.2, 0) is 14.6 Å². The minimum Gasteiger partial charge on any atom is -0.383 e. The molecule has 0 aromatic heterocycles. The summed E-state index contributed by atoms with van der Waals surface area (Å²) < 4.78 is 27.7. The zero-order valence-electron chi connectivity index (χ0n) is 9.53. The topological polar surface area (TPSA) is 55.4 Å². The van der Waals surface area contributed by atoms with E-state index in [-0.39, 0.29) is 0 Å². The molecule has 1 aliphatic heterocycles. The zero-order chi connectivity index (χ0) is 11.3. The number of likely N-dealkylation sites (N-methyl/N-ethyl adjacent to an activating group) is 1. The predicted molar refractivity (Wildman–Crippen MR) is 60.7 cm³/mol. The molecule has 0 spiro atoms. The molecule has 0 aromatic rings. The van der Waals surface area contributed by atoms with Gasteiger partial charge in [-0.2, -0.15) is 0 Å². The Labute approximate surface area is 92.3 Å². The normalized spacial score (nSPS) is 26.7. The third-order valence-corrected chi connectivity index (χ3v) is 4.64. The molecule has 0 aliphatic carbocycles. The van der Waals surface area contributed by atoms with Gasteiger partial charge in [-0.1, -0.05) is 6.92 Å². The Hall–Kier alpha value is -0.130. The van der Waals surface area contributed by atoms with Crippen molar-refractivity contribution in [2.75, 3.05) is 31.8 Å². The van der Waals surface area contributed by atoms with Crippen molar-refractivity contribution in [3.05, 3.63) is 0 Å². The molecule has 0 saturated carbocycles. The van der Waals surface area contributed by atoms with E-state index < -0.39 is 9.84 Å². The van der Waals surface area contributed by atoms with Crippen molar-refractivity contribution in [3.8, 4) is 0 Å². The van der Waals surface area contributed by atoms with Gasteiger partial charge in [-0.25, -0.2) is 8.42 Å². The molecule has 5 heteroatoms. The van der Waals surface area contributed by atoms with E-state index in [1.807, 2.05) is 6.92 Å². The van der Waals surface area contributed by atoms with Crippen molar-refractivity contribution in [2.24, 2.45) is 5.92 Å². The molecule has 90 valence electrons. The predicted octanol–water partition coefficient (Wildman–Crippen LogP) is 0.436. The monoisotopic (exact) mass is 235 g/mol. The summed E-state index contributed by atoms with van der Waals surface area (Å²) >= 11 is 0. The summed E-state index contributed by atoms with van der Waals surface area (Å²) in [6.07, 6.45) is 1.72. The number of nitrogens with one attached hydrogen (secondary N) is 1. The molecule has 1 fully saturated rings. The Bertz CT molecular complexity index is 270. The lowest BCUT2D eigenvalue weighted by atomic mass is 10.00. The molecular weight excluding hydrogens is 214 g/mol. The maximum absolute atomic E-state index is 11.3. The van der Waals surface area contributed by atoms with Gasteiger partial charge in [0.2, 0.25) is 0 Å². The summed E-state index contributed by atoms with van der Waals surface area (Å²) in [6, 6.07) is 0.290. The van der Waals surface area contributed by atoms with Gasteiger partial charge < -0.3 is 10.1 Å². The van der Waals surface area contributed by atoms with Gasteiger partial charge in [0.1, 0.15) is 0 Å². The van der Waals surface area contributed by atoms with Gasteiger partial charge >= 0.3 is 0 Å². The smallest absolute Gasteiger partial charge is 0.150 e. The van der Waals surface area contributed by atoms with Crippen LogP contribution in [-0.4, -0.2) is 46.2 Å².